The van der Waals surface area contributed by atoms with Gasteiger partial charge in [0.1, 0.15) is 13.2 Å². The number of fused-ring (bicyclic) bond motifs is 1. The molecule has 6 heteroatoms. The lowest BCUT2D eigenvalue weighted by Crippen LogP contribution is -2.15. The molecule has 4 nitrogen and oxygen atoms in total. The maximum Gasteiger partial charge on any atom is 0.239 e. The van der Waals surface area contributed by atoms with Crippen LogP contribution in [-0.4, -0.2) is 21.6 Å². The van der Waals surface area contributed by atoms with Crippen LogP contribution in [0.5, 0.6) is 11.5 Å². The van der Waals surface area contributed by atoms with Gasteiger partial charge < -0.3 is 9.47 Å². The van der Waals surface area contributed by atoms with Crippen LogP contribution in [0.15, 0.2) is 18.2 Å². The Morgan fingerprint density at radius 3 is 2.50 bits per heavy atom. The van der Waals surface area contributed by atoms with Gasteiger partial charge in [0.25, 0.3) is 0 Å². The van der Waals surface area contributed by atoms with Crippen molar-refractivity contribution in [2.45, 2.75) is 12.2 Å². The van der Waals surface area contributed by atoms with E-state index in [1.807, 2.05) is 0 Å². The Labute approximate surface area is 98.5 Å². The van der Waals surface area contributed by atoms with Crippen LogP contribution in [0.1, 0.15) is 17.7 Å². The maximum absolute atomic E-state index is 11.2. The Bertz CT molecular complexity index is 498. The zero-order valence-corrected chi connectivity index (χ0v) is 10.2. The summed E-state index contributed by atoms with van der Waals surface area (Å²) in [5, 5.41) is -0.759. The molecule has 1 unspecified atom stereocenters. The molecule has 1 aliphatic heterocycles. The second-order valence-electron chi connectivity index (χ2n) is 3.52. The number of rotatable bonds is 2. The van der Waals surface area contributed by atoms with E-state index in [1.54, 1.807) is 18.2 Å². The third-order valence-corrected chi connectivity index (χ3v) is 4.38. The van der Waals surface area contributed by atoms with E-state index in [0.717, 1.165) is 0 Å². The summed E-state index contributed by atoms with van der Waals surface area (Å²) in [6, 6.07) is 5.03. The standard InChI is InChI=1S/C10H11ClO4S/c1-7(16(11,12)13)8-2-3-9-10(6-8)15-5-4-14-9/h2-3,6-7H,4-5H2,1H3. The van der Waals surface area contributed by atoms with Crippen LogP contribution in [0.3, 0.4) is 0 Å². The van der Waals surface area contributed by atoms with Crippen molar-refractivity contribution in [3.63, 3.8) is 0 Å². The summed E-state index contributed by atoms with van der Waals surface area (Å²) in [5.41, 5.74) is 0.597. The molecule has 88 valence electrons. The van der Waals surface area contributed by atoms with Gasteiger partial charge in [-0.1, -0.05) is 6.07 Å². The molecule has 0 radical (unpaired) electrons. The van der Waals surface area contributed by atoms with Crippen LogP contribution < -0.4 is 9.47 Å². The van der Waals surface area contributed by atoms with Crippen LogP contribution >= 0.6 is 10.7 Å². The molecule has 0 bridgehead atoms. The fourth-order valence-corrected chi connectivity index (χ4v) is 2.26. The quantitative estimate of drug-likeness (QED) is 0.766. The smallest absolute Gasteiger partial charge is 0.239 e. The van der Waals surface area contributed by atoms with Crippen molar-refractivity contribution >= 4 is 19.7 Å². The highest BCUT2D eigenvalue weighted by molar-refractivity contribution is 8.13. The van der Waals surface area contributed by atoms with Gasteiger partial charge in [0.2, 0.25) is 9.05 Å². The normalized spacial score (nSPS) is 16.9. The van der Waals surface area contributed by atoms with Gasteiger partial charge in [-0.2, -0.15) is 0 Å². The van der Waals surface area contributed by atoms with Gasteiger partial charge in [0.05, 0.1) is 5.25 Å². The third-order valence-electron chi connectivity index (χ3n) is 2.46. The van der Waals surface area contributed by atoms with E-state index in [4.69, 9.17) is 20.2 Å². The van der Waals surface area contributed by atoms with Crippen LogP contribution in [0.4, 0.5) is 0 Å². The fourth-order valence-electron chi connectivity index (χ4n) is 1.48. The highest BCUT2D eigenvalue weighted by atomic mass is 35.7. The molecule has 1 heterocycles. The van der Waals surface area contributed by atoms with Gasteiger partial charge in [-0.15, -0.1) is 0 Å². The van der Waals surface area contributed by atoms with Gasteiger partial charge >= 0.3 is 0 Å². The second-order valence-corrected chi connectivity index (χ2v) is 6.47. The molecule has 0 N–H and O–H groups in total. The lowest BCUT2D eigenvalue weighted by molar-refractivity contribution is 0.171. The molecule has 0 spiro atoms. The van der Waals surface area contributed by atoms with Gasteiger partial charge in [-0.3, -0.25) is 0 Å². The molecule has 2 rings (SSSR count). The lowest BCUT2D eigenvalue weighted by atomic mass is 10.1. The Kier molecular flexibility index (Phi) is 2.99. The molecular formula is C10H11ClO4S. The van der Waals surface area contributed by atoms with Crippen molar-refractivity contribution in [3.8, 4) is 11.5 Å². The summed E-state index contributed by atoms with van der Waals surface area (Å²) >= 11 is 0. The largest absolute Gasteiger partial charge is 0.486 e. The van der Waals surface area contributed by atoms with Crippen LogP contribution in [0.2, 0.25) is 0 Å². The van der Waals surface area contributed by atoms with Gasteiger partial charge in [0.15, 0.2) is 11.5 Å². The second kappa shape index (κ2) is 4.14. The first-order valence-corrected chi connectivity index (χ1v) is 7.19. The van der Waals surface area contributed by atoms with E-state index >= 15 is 0 Å². The Balaban J connectivity index is 2.37. The van der Waals surface area contributed by atoms with Crippen molar-refractivity contribution < 1.29 is 17.9 Å². The van der Waals surface area contributed by atoms with Crippen molar-refractivity contribution in [3.05, 3.63) is 23.8 Å². The van der Waals surface area contributed by atoms with E-state index in [-0.39, 0.29) is 0 Å². The molecule has 1 atom stereocenters. The van der Waals surface area contributed by atoms with E-state index < -0.39 is 14.3 Å². The molecule has 1 aliphatic rings. The zero-order valence-electron chi connectivity index (χ0n) is 8.64. The minimum absolute atomic E-state index is 0.471. The van der Waals surface area contributed by atoms with Crippen LogP contribution in [0, 0.1) is 0 Å². The summed E-state index contributed by atoms with van der Waals surface area (Å²) in [5.74, 6) is 1.20. The van der Waals surface area contributed by atoms with E-state index in [1.165, 1.54) is 6.92 Å². The SMILES string of the molecule is CC(c1ccc2c(c1)OCCO2)S(=O)(=O)Cl. The third kappa shape index (κ3) is 2.25. The van der Waals surface area contributed by atoms with Crippen molar-refractivity contribution in [1.82, 2.24) is 0 Å². The van der Waals surface area contributed by atoms with E-state index in [2.05, 4.69) is 0 Å². The Morgan fingerprint density at radius 2 is 1.88 bits per heavy atom. The molecule has 0 saturated carbocycles. The number of ether oxygens (including phenoxy) is 2. The van der Waals surface area contributed by atoms with Gasteiger partial charge in [-0.05, 0) is 24.6 Å². The summed E-state index contributed by atoms with van der Waals surface area (Å²) in [6.07, 6.45) is 0. The first kappa shape index (κ1) is 11.5. The molecule has 16 heavy (non-hydrogen) atoms. The summed E-state index contributed by atoms with van der Waals surface area (Å²) in [7, 11) is 1.69. The number of hydrogen-bond donors (Lipinski definition) is 0. The van der Waals surface area contributed by atoms with Crippen molar-refractivity contribution in [2.24, 2.45) is 0 Å². The lowest BCUT2D eigenvalue weighted by Gasteiger charge is -2.19. The molecule has 0 saturated heterocycles. The summed E-state index contributed by atoms with van der Waals surface area (Å²) in [4.78, 5) is 0. The van der Waals surface area contributed by atoms with E-state index in [9.17, 15) is 8.42 Å². The highest BCUT2D eigenvalue weighted by Gasteiger charge is 2.22. The average molecular weight is 263 g/mol. The van der Waals surface area contributed by atoms with Crippen molar-refractivity contribution in [1.29, 1.82) is 0 Å². The van der Waals surface area contributed by atoms with Crippen molar-refractivity contribution in [2.75, 3.05) is 13.2 Å². The first-order chi connectivity index (χ1) is 7.48. The number of halogens is 1. The first-order valence-electron chi connectivity index (χ1n) is 4.81. The Morgan fingerprint density at radius 1 is 1.25 bits per heavy atom. The van der Waals surface area contributed by atoms with Crippen LogP contribution in [0.25, 0.3) is 0 Å². The molecular weight excluding hydrogens is 252 g/mol. The molecule has 0 fully saturated rings. The monoisotopic (exact) mass is 262 g/mol. The maximum atomic E-state index is 11.2. The van der Waals surface area contributed by atoms with Gasteiger partial charge in [0, 0.05) is 10.7 Å². The molecule has 1 aromatic rings. The fraction of sp³-hybridized carbons (Fsp3) is 0.400. The number of hydrogen-bond acceptors (Lipinski definition) is 4. The molecule has 0 aliphatic carbocycles. The summed E-state index contributed by atoms with van der Waals surface area (Å²) in [6.45, 7) is 2.52. The Hall–Kier alpha value is -0.940. The summed E-state index contributed by atoms with van der Waals surface area (Å²) < 4.78 is 33.1. The average Bonchev–Trinajstić information content (AvgIpc) is 2.26. The predicted octanol–water partition coefficient (Wildman–Crippen LogP) is 2.09. The topological polar surface area (TPSA) is 52.6 Å². The highest BCUT2D eigenvalue weighted by Crippen LogP contribution is 2.35. The van der Waals surface area contributed by atoms with E-state index in [0.29, 0.717) is 30.3 Å². The molecule has 0 amide bonds. The number of benzene rings is 1. The molecule has 1 aromatic carbocycles. The van der Waals surface area contributed by atoms with Gasteiger partial charge in [-0.25, -0.2) is 8.42 Å². The predicted molar refractivity (Wildman–Crippen MR) is 60.6 cm³/mol. The van der Waals surface area contributed by atoms with Crippen LogP contribution in [-0.2, 0) is 9.05 Å². The molecule has 0 aromatic heterocycles. The zero-order chi connectivity index (χ0) is 11.8. The minimum Gasteiger partial charge on any atom is -0.486 e. The minimum atomic E-state index is -3.61.